The average Bonchev–Trinajstić information content (AvgIpc) is 2.95. The van der Waals surface area contributed by atoms with Gasteiger partial charge in [-0.2, -0.15) is 0 Å². The molecule has 0 fully saturated rings. The highest BCUT2D eigenvalue weighted by atomic mass is 32.1. The lowest BCUT2D eigenvalue weighted by atomic mass is 10.3. The van der Waals surface area contributed by atoms with E-state index in [1.807, 2.05) is 42.6 Å². The summed E-state index contributed by atoms with van der Waals surface area (Å²) in [7, 11) is 1.60. The van der Waals surface area contributed by atoms with Crippen LogP contribution in [0.15, 0.2) is 48.0 Å². The third-order valence-corrected chi connectivity index (χ3v) is 3.75. The molecule has 0 radical (unpaired) electrons. The highest BCUT2D eigenvalue weighted by Gasteiger charge is 2.11. The molecule has 0 bridgehead atoms. The fourth-order valence-corrected chi connectivity index (χ4v) is 2.53. The maximum atomic E-state index is 5.90. The maximum absolute atomic E-state index is 5.90. The third kappa shape index (κ3) is 3.35. The van der Waals surface area contributed by atoms with E-state index < -0.39 is 0 Å². The number of hydrogen-bond acceptors (Lipinski definition) is 6. The average molecular weight is 313 g/mol. The summed E-state index contributed by atoms with van der Waals surface area (Å²) >= 11 is 1.52. The second kappa shape index (κ2) is 6.44. The van der Waals surface area contributed by atoms with Crippen LogP contribution in [0.1, 0.15) is 5.69 Å². The van der Waals surface area contributed by atoms with Crippen molar-refractivity contribution >= 4 is 22.3 Å². The molecule has 0 unspecified atom stereocenters. The van der Waals surface area contributed by atoms with E-state index in [1.165, 1.54) is 11.3 Å². The van der Waals surface area contributed by atoms with Gasteiger partial charge in [-0.15, -0.1) is 11.3 Å². The van der Waals surface area contributed by atoms with Crippen molar-refractivity contribution in [1.82, 2.24) is 9.97 Å². The van der Waals surface area contributed by atoms with Gasteiger partial charge in [-0.1, -0.05) is 18.2 Å². The largest absolute Gasteiger partial charge is 0.495 e. The molecule has 0 aliphatic carbocycles. The maximum Gasteiger partial charge on any atom is 0.188 e. The minimum atomic E-state index is 0.582. The Morgan fingerprint density at radius 3 is 2.64 bits per heavy atom. The molecule has 3 rings (SSSR count). The molecule has 1 aromatic carbocycles. The minimum absolute atomic E-state index is 0.582. The van der Waals surface area contributed by atoms with Gasteiger partial charge >= 0.3 is 0 Å². The molecule has 22 heavy (non-hydrogen) atoms. The topological polar surface area (TPSA) is 56.3 Å². The Balaban J connectivity index is 1.91. The molecule has 112 valence electrons. The SMILES string of the molecule is COc1cnc(Nc2nc(C)cs2)c(Oc2ccccc2)c1. The first-order valence-electron chi connectivity index (χ1n) is 6.70. The number of rotatable bonds is 5. The number of methoxy groups -OCH3 is 1. The molecule has 3 aromatic rings. The summed E-state index contributed by atoms with van der Waals surface area (Å²) in [6.07, 6.45) is 1.64. The number of para-hydroxylation sites is 1. The van der Waals surface area contributed by atoms with Gasteiger partial charge in [0.1, 0.15) is 11.5 Å². The van der Waals surface area contributed by atoms with E-state index in [0.29, 0.717) is 17.3 Å². The van der Waals surface area contributed by atoms with E-state index in [0.717, 1.165) is 16.6 Å². The number of pyridine rings is 1. The molecular weight excluding hydrogens is 298 g/mol. The van der Waals surface area contributed by atoms with Crippen molar-refractivity contribution in [3.63, 3.8) is 0 Å². The van der Waals surface area contributed by atoms with Gasteiger partial charge in [-0.05, 0) is 19.1 Å². The molecule has 1 N–H and O–H groups in total. The Bertz CT molecular complexity index is 759. The number of benzene rings is 1. The zero-order valence-corrected chi connectivity index (χ0v) is 13.1. The first-order valence-corrected chi connectivity index (χ1v) is 7.58. The lowest BCUT2D eigenvalue weighted by molar-refractivity contribution is 0.407. The zero-order valence-electron chi connectivity index (χ0n) is 12.2. The van der Waals surface area contributed by atoms with Crippen molar-refractivity contribution in [2.45, 2.75) is 6.92 Å². The van der Waals surface area contributed by atoms with Crippen LogP contribution in [-0.2, 0) is 0 Å². The van der Waals surface area contributed by atoms with Gasteiger partial charge in [0.25, 0.3) is 0 Å². The normalized spacial score (nSPS) is 10.3. The number of hydrogen-bond donors (Lipinski definition) is 1. The Labute approximate surface area is 132 Å². The third-order valence-electron chi connectivity index (χ3n) is 2.88. The van der Waals surface area contributed by atoms with Gasteiger partial charge in [-0.25, -0.2) is 9.97 Å². The summed E-state index contributed by atoms with van der Waals surface area (Å²) in [5.41, 5.74) is 0.964. The fraction of sp³-hybridized carbons (Fsp3) is 0.125. The molecule has 0 amide bonds. The van der Waals surface area contributed by atoms with E-state index in [9.17, 15) is 0 Å². The van der Waals surface area contributed by atoms with Gasteiger partial charge in [0.05, 0.1) is 19.0 Å². The molecule has 5 nitrogen and oxygen atoms in total. The highest BCUT2D eigenvalue weighted by molar-refractivity contribution is 7.13. The molecular formula is C16H15N3O2S. The molecule has 2 heterocycles. The number of thiazole rings is 1. The summed E-state index contributed by atoms with van der Waals surface area (Å²) in [5.74, 6) is 2.54. The van der Waals surface area contributed by atoms with Crippen LogP contribution in [0, 0.1) is 6.92 Å². The van der Waals surface area contributed by atoms with E-state index >= 15 is 0 Å². The van der Waals surface area contributed by atoms with Crippen molar-refractivity contribution in [1.29, 1.82) is 0 Å². The van der Waals surface area contributed by atoms with E-state index in [4.69, 9.17) is 9.47 Å². The van der Waals surface area contributed by atoms with Crippen LogP contribution in [0.3, 0.4) is 0 Å². The van der Waals surface area contributed by atoms with Gasteiger partial charge in [0, 0.05) is 11.4 Å². The second-order valence-electron chi connectivity index (χ2n) is 4.56. The van der Waals surface area contributed by atoms with E-state index in [-0.39, 0.29) is 0 Å². The van der Waals surface area contributed by atoms with Crippen molar-refractivity contribution in [2.24, 2.45) is 0 Å². The smallest absolute Gasteiger partial charge is 0.188 e. The first-order chi connectivity index (χ1) is 10.7. The molecule has 0 spiro atoms. The Morgan fingerprint density at radius 2 is 1.95 bits per heavy atom. The van der Waals surface area contributed by atoms with Crippen molar-refractivity contribution in [3.8, 4) is 17.2 Å². The molecule has 0 atom stereocenters. The molecule has 0 aliphatic rings. The summed E-state index contributed by atoms with van der Waals surface area (Å²) in [6.45, 7) is 1.95. The highest BCUT2D eigenvalue weighted by Crippen LogP contribution is 2.33. The Kier molecular flexibility index (Phi) is 4.20. The predicted molar refractivity (Wildman–Crippen MR) is 87.4 cm³/mol. The van der Waals surface area contributed by atoms with Crippen molar-refractivity contribution < 1.29 is 9.47 Å². The number of aryl methyl sites for hydroxylation is 1. The minimum Gasteiger partial charge on any atom is -0.495 e. The molecule has 6 heteroatoms. The van der Waals surface area contributed by atoms with Gasteiger partial charge < -0.3 is 14.8 Å². The van der Waals surface area contributed by atoms with Crippen LogP contribution < -0.4 is 14.8 Å². The molecule has 0 saturated carbocycles. The van der Waals surface area contributed by atoms with E-state index in [2.05, 4.69) is 15.3 Å². The summed E-state index contributed by atoms with van der Waals surface area (Å²) in [5, 5.41) is 5.93. The number of anilines is 2. The molecule has 0 aliphatic heterocycles. The van der Waals surface area contributed by atoms with Crippen LogP contribution >= 0.6 is 11.3 Å². The summed E-state index contributed by atoms with van der Waals surface area (Å²) in [4.78, 5) is 8.73. The second-order valence-corrected chi connectivity index (χ2v) is 5.41. The van der Waals surface area contributed by atoms with Gasteiger partial charge in [0.2, 0.25) is 0 Å². The predicted octanol–water partition coefficient (Wildman–Crippen LogP) is 4.39. The number of aromatic nitrogens is 2. The lowest BCUT2D eigenvalue weighted by Gasteiger charge is -2.12. The number of nitrogens with one attached hydrogen (secondary N) is 1. The summed E-state index contributed by atoms with van der Waals surface area (Å²) in [6, 6.07) is 11.3. The van der Waals surface area contributed by atoms with Crippen molar-refractivity contribution in [3.05, 3.63) is 53.7 Å². The van der Waals surface area contributed by atoms with Crippen LogP contribution in [0.4, 0.5) is 10.9 Å². The first kappa shape index (κ1) is 14.3. The molecule has 2 aromatic heterocycles. The van der Waals surface area contributed by atoms with Gasteiger partial charge in [-0.3, -0.25) is 0 Å². The van der Waals surface area contributed by atoms with Crippen LogP contribution in [0.5, 0.6) is 17.2 Å². The number of ether oxygens (including phenoxy) is 2. The van der Waals surface area contributed by atoms with Gasteiger partial charge in [0.15, 0.2) is 16.7 Å². The monoisotopic (exact) mass is 313 g/mol. The quantitative estimate of drug-likeness (QED) is 0.757. The van der Waals surface area contributed by atoms with E-state index in [1.54, 1.807) is 19.4 Å². The fourth-order valence-electron chi connectivity index (χ4n) is 1.84. The number of nitrogens with zero attached hydrogens (tertiary/aromatic N) is 2. The zero-order chi connectivity index (χ0) is 15.4. The summed E-state index contributed by atoms with van der Waals surface area (Å²) < 4.78 is 11.1. The lowest BCUT2D eigenvalue weighted by Crippen LogP contribution is -1.98. The van der Waals surface area contributed by atoms with Crippen molar-refractivity contribution in [2.75, 3.05) is 12.4 Å². The molecule has 0 saturated heterocycles. The van der Waals surface area contributed by atoms with Crippen LogP contribution in [0.2, 0.25) is 0 Å². The Morgan fingerprint density at radius 1 is 1.14 bits per heavy atom. The van der Waals surface area contributed by atoms with Crippen LogP contribution in [0.25, 0.3) is 0 Å². The van der Waals surface area contributed by atoms with Crippen LogP contribution in [-0.4, -0.2) is 17.1 Å². The Hall–Kier alpha value is -2.60. The standard InChI is InChI=1S/C16H15N3O2S/c1-11-10-22-16(18-11)19-15-14(8-13(20-2)9-17-15)21-12-6-4-3-5-7-12/h3-10H,1-2H3,(H,17,18,19).